The predicted molar refractivity (Wildman–Crippen MR) is 104 cm³/mol. The van der Waals surface area contributed by atoms with Gasteiger partial charge in [-0.15, -0.1) is 11.3 Å². The van der Waals surface area contributed by atoms with E-state index in [9.17, 15) is 8.42 Å². The average molecular weight is 389 g/mol. The van der Waals surface area contributed by atoms with Gasteiger partial charge >= 0.3 is 0 Å². The fourth-order valence-corrected chi connectivity index (χ4v) is 4.06. The zero-order valence-corrected chi connectivity index (χ0v) is 16.7. The Bertz CT molecular complexity index is 667. The highest BCUT2D eigenvalue weighted by atomic mass is 32.2. The lowest BCUT2D eigenvalue weighted by Crippen LogP contribution is -2.41. The number of rotatable bonds is 9. The van der Waals surface area contributed by atoms with Crippen LogP contribution in [0, 0.1) is 5.92 Å². The van der Waals surface area contributed by atoms with Crippen molar-refractivity contribution in [3.05, 3.63) is 11.1 Å². The number of nitrogens with one attached hydrogen (secondary N) is 3. The van der Waals surface area contributed by atoms with E-state index in [4.69, 9.17) is 0 Å². The van der Waals surface area contributed by atoms with Crippen molar-refractivity contribution in [2.24, 2.45) is 10.9 Å². The van der Waals surface area contributed by atoms with Crippen LogP contribution in [0.3, 0.4) is 0 Å². The van der Waals surface area contributed by atoms with Crippen LogP contribution in [0.15, 0.2) is 10.4 Å². The molecule has 0 bridgehead atoms. The van der Waals surface area contributed by atoms with Gasteiger partial charge < -0.3 is 15.5 Å². The SMILES string of the molecule is CN=C(NCCS(=O)(=O)NCC1CCC1)NCc1csc(N(C)C)n1. The van der Waals surface area contributed by atoms with E-state index >= 15 is 0 Å². The average Bonchev–Trinajstić information content (AvgIpc) is 2.98. The van der Waals surface area contributed by atoms with Gasteiger partial charge in [-0.25, -0.2) is 18.1 Å². The van der Waals surface area contributed by atoms with E-state index < -0.39 is 10.0 Å². The van der Waals surface area contributed by atoms with Gasteiger partial charge in [0.15, 0.2) is 11.1 Å². The van der Waals surface area contributed by atoms with E-state index in [0.717, 1.165) is 23.7 Å². The van der Waals surface area contributed by atoms with Crippen molar-refractivity contribution in [1.29, 1.82) is 0 Å². The molecule has 1 saturated carbocycles. The minimum atomic E-state index is -3.24. The molecule has 3 N–H and O–H groups in total. The monoisotopic (exact) mass is 388 g/mol. The van der Waals surface area contributed by atoms with Crippen LogP contribution in [-0.4, -0.2) is 59.3 Å². The molecule has 25 heavy (non-hydrogen) atoms. The molecule has 1 aromatic heterocycles. The van der Waals surface area contributed by atoms with E-state index in [1.807, 2.05) is 24.4 Å². The molecule has 0 unspecified atom stereocenters. The third-order valence-electron chi connectivity index (χ3n) is 4.06. The van der Waals surface area contributed by atoms with Crippen molar-refractivity contribution >= 4 is 32.5 Å². The Balaban J connectivity index is 1.68. The molecule has 142 valence electrons. The summed E-state index contributed by atoms with van der Waals surface area (Å²) in [5, 5.41) is 9.11. The second-order valence-electron chi connectivity index (χ2n) is 6.33. The number of thiazole rings is 1. The van der Waals surface area contributed by atoms with Crippen molar-refractivity contribution in [2.45, 2.75) is 25.8 Å². The first kappa shape index (κ1) is 19.9. The van der Waals surface area contributed by atoms with Crippen LogP contribution in [0.5, 0.6) is 0 Å². The Kier molecular flexibility index (Phi) is 7.45. The highest BCUT2D eigenvalue weighted by Crippen LogP contribution is 2.25. The molecule has 10 heteroatoms. The van der Waals surface area contributed by atoms with Gasteiger partial charge in [-0.05, 0) is 18.8 Å². The van der Waals surface area contributed by atoms with Crippen LogP contribution < -0.4 is 20.3 Å². The molecule has 1 aliphatic rings. The molecule has 1 aliphatic carbocycles. The van der Waals surface area contributed by atoms with Gasteiger partial charge in [-0.2, -0.15) is 0 Å². The summed E-state index contributed by atoms with van der Waals surface area (Å²) in [6, 6.07) is 0. The lowest BCUT2D eigenvalue weighted by Gasteiger charge is -2.25. The number of aliphatic imine (C=N–C) groups is 1. The smallest absolute Gasteiger partial charge is 0.213 e. The van der Waals surface area contributed by atoms with Crippen LogP contribution in [0.1, 0.15) is 25.0 Å². The second-order valence-corrected chi connectivity index (χ2v) is 9.10. The molecule has 0 saturated heterocycles. The van der Waals surface area contributed by atoms with Gasteiger partial charge in [-0.1, -0.05) is 6.42 Å². The number of nitrogens with zero attached hydrogens (tertiary/aromatic N) is 3. The molecule has 1 aromatic rings. The Morgan fingerprint density at radius 1 is 1.40 bits per heavy atom. The van der Waals surface area contributed by atoms with Crippen molar-refractivity contribution in [1.82, 2.24) is 20.3 Å². The van der Waals surface area contributed by atoms with Crippen molar-refractivity contribution in [3.8, 4) is 0 Å². The molecule has 1 fully saturated rings. The van der Waals surface area contributed by atoms with Gasteiger partial charge in [0, 0.05) is 39.6 Å². The first-order chi connectivity index (χ1) is 11.9. The molecule has 0 radical (unpaired) electrons. The summed E-state index contributed by atoms with van der Waals surface area (Å²) >= 11 is 1.58. The Morgan fingerprint density at radius 3 is 2.72 bits per heavy atom. The molecule has 0 amide bonds. The topological polar surface area (TPSA) is 98.7 Å². The first-order valence-corrected chi connectivity index (χ1v) is 11.0. The maximum absolute atomic E-state index is 12.0. The molecule has 0 aliphatic heterocycles. The van der Waals surface area contributed by atoms with E-state index in [1.54, 1.807) is 18.4 Å². The van der Waals surface area contributed by atoms with Gasteiger partial charge in [0.1, 0.15) is 0 Å². The van der Waals surface area contributed by atoms with Gasteiger partial charge in [0.25, 0.3) is 0 Å². The summed E-state index contributed by atoms with van der Waals surface area (Å²) in [6.45, 7) is 1.41. The number of aromatic nitrogens is 1. The molecule has 0 atom stereocenters. The van der Waals surface area contributed by atoms with Crippen molar-refractivity contribution < 1.29 is 8.42 Å². The second kappa shape index (κ2) is 9.35. The normalized spacial score (nSPS) is 15.7. The summed E-state index contributed by atoms with van der Waals surface area (Å²) in [7, 11) is 2.32. The first-order valence-electron chi connectivity index (χ1n) is 8.43. The molecule has 0 spiro atoms. The zero-order chi connectivity index (χ0) is 18.3. The van der Waals surface area contributed by atoms with Crippen molar-refractivity contribution in [2.75, 3.05) is 44.9 Å². The van der Waals surface area contributed by atoms with Gasteiger partial charge in [0.05, 0.1) is 18.0 Å². The molecule has 2 rings (SSSR count). The Hall–Kier alpha value is -1.39. The van der Waals surface area contributed by atoms with Crippen LogP contribution in [-0.2, 0) is 16.6 Å². The van der Waals surface area contributed by atoms with Crippen molar-refractivity contribution in [3.63, 3.8) is 0 Å². The summed E-state index contributed by atoms with van der Waals surface area (Å²) in [6.07, 6.45) is 3.47. The summed E-state index contributed by atoms with van der Waals surface area (Å²) < 4.78 is 26.6. The zero-order valence-electron chi connectivity index (χ0n) is 15.1. The minimum Gasteiger partial charge on any atom is -0.355 e. The largest absolute Gasteiger partial charge is 0.355 e. The minimum absolute atomic E-state index is 0.0297. The highest BCUT2D eigenvalue weighted by molar-refractivity contribution is 7.89. The summed E-state index contributed by atoms with van der Waals surface area (Å²) in [4.78, 5) is 10.5. The van der Waals surface area contributed by atoms with E-state index in [0.29, 0.717) is 31.5 Å². The molecular weight excluding hydrogens is 360 g/mol. The molecule has 1 heterocycles. The lowest BCUT2D eigenvalue weighted by molar-refractivity contribution is 0.316. The number of sulfonamides is 1. The van der Waals surface area contributed by atoms with E-state index in [-0.39, 0.29) is 5.75 Å². The van der Waals surface area contributed by atoms with Crippen LogP contribution in [0.2, 0.25) is 0 Å². The van der Waals surface area contributed by atoms with Crippen LogP contribution >= 0.6 is 11.3 Å². The number of hydrogen-bond acceptors (Lipinski definition) is 6. The van der Waals surface area contributed by atoms with Gasteiger partial charge in [0.2, 0.25) is 10.0 Å². The fourth-order valence-electron chi connectivity index (χ4n) is 2.30. The number of anilines is 1. The van der Waals surface area contributed by atoms with Gasteiger partial charge in [-0.3, -0.25) is 4.99 Å². The predicted octanol–water partition coefficient (Wildman–Crippen LogP) is 0.594. The molecule has 0 aromatic carbocycles. The maximum Gasteiger partial charge on any atom is 0.213 e. The molecule has 8 nitrogen and oxygen atoms in total. The summed E-state index contributed by atoms with van der Waals surface area (Å²) in [5.74, 6) is 1.11. The summed E-state index contributed by atoms with van der Waals surface area (Å²) in [5.41, 5.74) is 0.923. The Morgan fingerprint density at radius 2 is 2.16 bits per heavy atom. The number of guanidine groups is 1. The Labute approximate surface area is 154 Å². The quantitative estimate of drug-likeness (QED) is 0.423. The lowest BCUT2D eigenvalue weighted by atomic mass is 9.86. The highest BCUT2D eigenvalue weighted by Gasteiger charge is 2.20. The van der Waals surface area contributed by atoms with E-state index in [2.05, 4.69) is 25.3 Å². The van der Waals surface area contributed by atoms with E-state index in [1.165, 1.54) is 6.42 Å². The third-order valence-corrected chi connectivity index (χ3v) is 6.47. The standard InChI is InChI=1S/C15H28N6O2S2/c1-16-14(18-10-13-11-24-15(20-13)21(2)3)17-7-8-25(22,23)19-9-12-5-4-6-12/h11-12,19H,4-10H2,1-3H3,(H2,16,17,18). The maximum atomic E-state index is 12.0. The fraction of sp³-hybridized carbons (Fsp3) is 0.733. The molecular formula is C15H28N6O2S2. The van der Waals surface area contributed by atoms with Crippen LogP contribution in [0.25, 0.3) is 0 Å². The number of hydrogen-bond donors (Lipinski definition) is 3. The third kappa shape index (κ3) is 6.79. The van der Waals surface area contributed by atoms with Crippen LogP contribution in [0.4, 0.5) is 5.13 Å².